The second kappa shape index (κ2) is 8.79. The number of benzene rings is 1. The van der Waals surface area contributed by atoms with E-state index in [9.17, 15) is 14.4 Å². The molecule has 1 heterocycles. The molecule has 2 rings (SSSR count). The molecule has 0 saturated carbocycles. The number of nitrogens with one attached hydrogen (secondary N) is 1. The first-order valence-electron chi connectivity index (χ1n) is 9.12. The fourth-order valence-corrected chi connectivity index (χ4v) is 2.78. The number of carbonyl (C=O) groups excluding carboxylic acids is 3. The van der Waals surface area contributed by atoms with Crippen molar-refractivity contribution in [3.05, 3.63) is 35.4 Å². The molecule has 0 bridgehead atoms. The maximum atomic E-state index is 12.3. The van der Waals surface area contributed by atoms with Gasteiger partial charge in [-0.3, -0.25) is 14.4 Å². The van der Waals surface area contributed by atoms with E-state index < -0.39 is 0 Å². The molecule has 1 saturated heterocycles. The molecule has 146 valence electrons. The lowest BCUT2D eigenvalue weighted by Crippen LogP contribution is -2.48. The summed E-state index contributed by atoms with van der Waals surface area (Å²) < 4.78 is 0. The Labute approximate surface area is 160 Å². The number of amides is 3. The lowest BCUT2D eigenvalue weighted by atomic mass is 9.87. The molecule has 0 spiro atoms. The summed E-state index contributed by atoms with van der Waals surface area (Å²) in [5.74, 6) is -0.354. The van der Waals surface area contributed by atoms with Gasteiger partial charge in [-0.1, -0.05) is 32.9 Å². The first-order chi connectivity index (χ1) is 12.7. The number of hydrogen-bond donors (Lipinski definition) is 1. The van der Waals surface area contributed by atoms with Crippen molar-refractivity contribution in [1.82, 2.24) is 15.2 Å². The highest BCUT2D eigenvalue weighted by Gasteiger charge is 2.20. The van der Waals surface area contributed by atoms with E-state index in [1.165, 1.54) is 0 Å². The first-order valence-corrected chi connectivity index (χ1v) is 9.12. The third-order valence-electron chi connectivity index (χ3n) is 4.58. The molecule has 0 aromatic heterocycles. The number of piperazine rings is 1. The summed E-state index contributed by atoms with van der Waals surface area (Å²) in [5.41, 5.74) is 4.75. The van der Waals surface area contributed by atoms with Gasteiger partial charge in [0, 0.05) is 37.5 Å². The molecule has 7 heteroatoms. The van der Waals surface area contributed by atoms with Gasteiger partial charge in [0.1, 0.15) is 0 Å². The number of carbonyl (C=O) groups is 3. The van der Waals surface area contributed by atoms with Gasteiger partial charge < -0.3 is 9.80 Å². The van der Waals surface area contributed by atoms with Crippen molar-refractivity contribution >= 4 is 23.9 Å². The van der Waals surface area contributed by atoms with Gasteiger partial charge in [-0.25, -0.2) is 5.43 Å². The molecule has 1 aromatic rings. The highest BCUT2D eigenvalue weighted by atomic mass is 16.2. The molecule has 1 aromatic carbocycles. The van der Waals surface area contributed by atoms with Crippen molar-refractivity contribution in [2.45, 2.75) is 39.5 Å². The monoisotopic (exact) mass is 372 g/mol. The average molecular weight is 372 g/mol. The zero-order valence-corrected chi connectivity index (χ0v) is 16.5. The van der Waals surface area contributed by atoms with E-state index in [-0.39, 0.29) is 23.7 Å². The summed E-state index contributed by atoms with van der Waals surface area (Å²) in [6.45, 7) is 10.2. The van der Waals surface area contributed by atoms with Crippen LogP contribution in [0.25, 0.3) is 0 Å². The van der Waals surface area contributed by atoms with Gasteiger partial charge in [0.15, 0.2) is 0 Å². The zero-order chi connectivity index (χ0) is 20.0. The zero-order valence-electron chi connectivity index (χ0n) is 16.5. The SMILES string of the molecule is C/C(CC(=O)N1CCN(C=O)CC1)=N/NC(=O)c1ccc(C(C)(C)C)cc1. The smallest absolute Gasteiger partial charge is 0.271 e. The molecule has 1 aliphatic heterocycles. The van der Waals surface area contributed by atoms with E-state index in [0.29, 0.717) is 37.5 Å². The highest BCUT2D eigenvalue weighted by molar-refractivity contribution is 6.01. The Bertz CT molecular complexity index is 712. The van der Waals surface area contributed by atoms with E-state index in [1.54, 1.807) is 28.9 Å². The van der Waals surface area contributed by atoms with E-state index in [2.05, 4.69) is 31.3 Å². The molecule has 7 nitrogen and oxygen atoms in total. The second-order valence-electron chi connectivity index (χ2n) is 7.81. The number of hydrazone groups is 1. The minimum atomic E-state index is -0.304. The van der Waals surface area contributed by atoms with Crippen LogP contribution >= 0.6 is 0 Å². The van der Waals surface area contributed by atoms with Crippen LogP contribution in [0.1, 0.15) is 50.0 Å². The number of hydrogen-bond acceptors (Lipinski definition) is 4. The van der Waals surface area contributed by atoms with Crippen molar-refractivity contribution < 1.29 is 14.4 Å². The van der Waals surface area contributed by atoms with Crippen LogP contribution in [0.4, 0.5) is 0 Å². The van der Waals surface area contributed by atoms with Crippen LogP contribution in [0, 0.1) is 0 Å². The highest BCUT2D eigenvalue weighted by Crippen LogP contribution is 2.22. The van der Waals surface area contributed by atoms with Gasteiger partial charge >= 0.3 is 0 Å². The summed E-state index contributed by atoms with van der Waals surface area (Å²) in [5, 5.41) is 4.04. The Balaban J connectivity index is 1.86. The Morgan fingerprint density at radius 2 is 1.70 bits per heavy atom. The summed E-state index contributed by atoms with van der Waals surface area (Å²) in [4.78, 5) is 38.6. The molecule has 0 aliphatic carbocycles. The molecular formula is C20H28N4O3. The predicted octanol–water partition coefficient (Wildman–Crippen LogP) is 1.78. The number of nitrogens with zero attached hydrogens (tertiary/aromatic N) is 3. The third kappa shape index (κ3) is 5.91. The molecule has 3 amide bonds. The maximum Gasteiger partial charge on any atom is 0.271 e. The van der Waals surface area contributed by atoms with Crippen molar-refractivity contribution in [3.63, 3.8) is 0 Å². The third-order valence-corrected chi connectivity index (χ3v) is 4.58. The van der Waals surface area contributed by atoms with Crippen LogP contribution in [0.5, 0.6) is 0 Å². The van der Waals surface area contributed by atoms with Crippen LogP contribution in [-0.4, -0.2) is 59.9 Å². The van der Waals surface area contributed by atoms with Crippen LogP contribution in [0.15, 0.2) is 29.4 Å². The molecule has 27 heavy (non-hydrogen) atoms. The van der Waals surface area contributed by atoms with Gasteiger partial charge in [0.05, 0.1) is 6.42 Å². The van der Waals surface area contributed by atoms with Crippen molar-refractivity contribution in [2.24, 2.45) is 5.10 Å². The predicted molar refractivity (Wildman–Crippen MR) is 105 cm³/mol. The quantitative estimate of drug-likeness (QED) is 0.486. The second-order valence-corrected chi connectivity index (χ2v) is 7.81. The standard InChI is InChI=1S/C20H28N4O3/c1-15(13-18(26)24-11-9-23(14-25)10-12-24)21-22-19(27)16-5-7-17(8-6-16)20(2,3)4/h5-8,14H,9-13H2,1-4H3,(H,22,27)/b21-15-. The fourth-order valence-electron chi connectivity index (χ4n) is 2.78. The summed E-state index contributed by atoms with van der Waals surface area (Å²) in [6.07, 6.45) is 0.947. The largest absolute Gasteiger partial charge is 0.342 e. The van der Waals surface area contributed by atoms with Gasteiger partial charge in [0.25, 0.3) is 5.91 Å². The fraction of sp³-hybridized carbons (Fsp3) is 0.500. The van der Waals surface area contributed by atoms with E-state index in [0.717, 1.165) is 12.0 Å². The van der Waals surface area contributed by atoms with Crippen molar-refractivity contribution in [2.75, 3.05) is 26.2 Å². The van der Waals surface area contributed by atoms with Gasteiger partial charge in [-0.05, 0) is 30.0 Å². The summed E-state index contributed by atoms with van der Waals surface area (Å²) in [6, 6.07) is 7.43. The summed E-state index contributed by atoms with van der Waals surface area (Å²) >= 11 is 0. The van der Waals surface area contributed by atoms with Crippen molar-refractivity contribution in [1.29, 1.82) is 0 Å². The van der Waals surface area contributed by atoms with E-state index >= 15 is 0 Å². The molecule has 0 radical (unpaired) electrons. The molecule has 1 N–H and O–H groups in total. The maximum absolute atomic E-state index is 12.3. The van der Waals surface area contributed by atoms with Crippen molar-refractivity contribution in [3.8, 4) is 0 Å². The van der Waals surface area contributed by atoms with Crippen LogP contribution in [0.3, 0.4) is 0 Å². The molecule has 0 unspecified atom stereocenters. The Morgan fingerprint density at radius 3 is 2.22 bits per heavy atom. The van der Waals surface area contributed by atoms with Gasteiger partial charge in [0.2, 0.25) is 12.3 Å². The van der Waals surface area contributed by atoms with Gasteiger partial charge in [-0.2, -0.15) is 5.10 Å². The topological polar surface area (TPSA) is 82.1 Å². The van der Waals surface area contributed by atoms with Gasteiger partial charge in [-0.15, -0.1) is 0 Å². The number of rotatable bonds is 5. The molecule has 0 atom stereocenters. The van der Waals surface area contributed by atoms with E-state index in [1.807, 2.05) is 12.1 Å². The Morgan fingerprint density at radius 1 is 1.11 bits per heavy atom. The lowest BCUT2D eigenvalue weighted by Gasteiger charge is -2.32. The van der Waals surface area contributed by atoms with Crippen LogP contribution in [0.2, 0.25) is 0 Å². The van der Waals surface area contributed by atoms with Crippen LogP contribution < -0.4 is 5.43 Å². The normalized spacial score (nSPS) is 15.5. The Kier molecular flexibility index (Phi) is 6.71. The minimum Gasteiger partial charge on any atom is -0.342 e. The summed E-state index contributed by atoms with van der Waals surface area (Å²) in [7, 11) is 0. The first kappa shape index (κ1) is 20.6. The molecule has 1 aliphatic rings. The molecular weight excluding hydrogens is 344 g/mol. The average Bonchev–Trinajstić information content (AvgIpc) is 2.65. The lowest BCUT2D eigenvalue weighted by molar-refractivity contribution is -0.134. The Hall–Kier alpha value is -2.70. The van der Waals surface area contributed by atoms with E-state index in [4.69, 9.17) is 0 Å². The minimum absolute atomic E-state index is 0.0291. The van der Waals surface area contributed by atoms with Crippen LogP contribution in [-0.2, 0) is 15.0 Å². The molecule has 1 fully saturated rings.